The highest BCUT2D eigenvalue weighted by Gasteiger charge is 2.54. The van der Waals surface area contributed by atoms with Crippen LogP contribution in [0, 0.1) is 12.3 Å². The van der Waals surface area contributed by atoms with Gasteiger partial charge in [-0.1, -0.05) is 31.4 Å². The summed E-state index contributed by atoms with van der Waals surface area (Å²) >= 11 is 0. The summed E-state index contributed by atoms with van der Waals surface area (Å²) in [6.45, 7) is 2.38. The molecule has 0 radical (unpaired) electrons. The molecule has 1 spiro atoms. The van der Waals surface area contributed by atoms with Crippen LogP contribution in [-0.4, -0.2) is 76.5 Å². The number of terminal acetylenes is 1. The Morgan fingerprint density at radius 1 is 1.02 bits per heavy atom. The van der Waals surface area contributed by atoms with Gasteiger partial charge in [0.25, 0.3) is 5.91 Å². The van der Waals surface area contributed by atoms with Gasteiger partial charge in [0.05, 0.1) is 5.60 Å². The summed E-state index contributed by atoms with van der Waals surface area (Å²) in [7, 11) is 1.60. The van der Waals surface area contributed by atoms with Gasteiger partial charge >= 0.3 is 0 Å². The Bertz CT molecular complexity index is 1340. The Balaban J connectivity index is 1.19. The molecule has 3 aliphatic rings. The zero-order valence-electron chi connectivity index (χ0n) is 24.9. The van der Waals surface area contributed by atoms with Crippen molar-refractivity contribution in [1.29, 1.82) is 0 Å². The van der Waals surface area contributed by atoms with Crippen LogP contribution in [0.1, 0.15) is 73.7 Å². The molecule has 43 heavy (non-hydrogen) atoms. The lowest BCUT2D eigenvalue weighted by atomic mass is 9.77. The number of likely N-dealkylation sites (tertiary alicyclic amines) is 1. The van der Waals surface area contributed by atoms with Crippen molar-refractivity contribution < 1.29 is 24.2 Å². The second-order valence-electron chi connectivity index (χ2n) is 12.1. The van der Waals surface area contributed by atoms with E-state index in [0.29, 0.717) is 75.3 Å². The fourth-order valence-electron chi connectivity index (χ4n) is 6.76. The Kier molecular flexibility index (Phi) is 9.38. The predicted molar refractivity (Wildman–Crippen MR) is 163 cm³/mol. The molecular formula is C34H42N4O5. The molecular weight excluding hydrogens is 544 g/mol. The molecule has 1 saturated carbocycles. The first-order valence-corrected chi connectivity index (χ1v) is 15.3. The van der Waals surface area contributed by atoms with Crippen molar-refractivity contribution in [1.82, 2.24) is 20.4 Å². The second kappa shape index (κ2) is 13.2. The quantitative estimate of drug-likeness (QED) is 0.387. The molecule has 9 heteroatoms. The lowest BCUT2D eigenvalue weighted by molar-refractivity contribution is -0.163. The van der Waals surface area contributed by atoms with Crippen LogP contribution < -0.4 is 15.4 Å². The van der Waals surface area contributed by atoms with Crippen LogP contribution in [-0.2, 0) is 16.1 Å². The fourth-order valence-corrected chi connectivity index (χ4v) is 6.76. The van der Waals surface area contributed by atoms with Gasteiger partial charge in [0, 0.05) is 51.6 Å². The lowest BCUT2D eigenvalue weighted by Crippen LogP contribution is -2.73. The van der Waals surface area contributed by atoms with Gasteiger partial charge in [-0.2, -0.15) is 0 Å². The molecule has 9 nitrogen and oxygen atoms in total. The Morgan fingerprint density at radius 2 is 1.65 bits per heavy atom. The molecule has 0 aromatic heterocycles. The lowest BCUT2D eigenvalue weighted by Gasteiger charge is -2.52. The fraction of sp³-hybridized carbons (Fsp3) is 0.500. The summed E-state index contributed by atoms with van der Waals surface area (Å²) in [5, 5.41) is 16.7. The minimum Gasteiger partial charge on any atom is -0.457 e. The van der Waals surface area contributed by atoms with Crippen molar-refractivity contribution in [3.63, 3.8) is 0 Å². The molecule has 2 aromatic carbocycles. The van der Waals surface area contributed by atoms with Crippen molar-refractivity contribution in [3.05, 3.63) is 59.7 Å². The van der Waals surface area contributed by atoms with E-state index < -0.39 is 17.2 Å². The van der Waals surface area contributed by atoms with Crippen molar-refractivity contribution in [2.24, 2.45) is 0 Å². The normalized spacial score (nSPS) is 21.6. The molecule has 1 aliphatic carbocycles. The number of nitrogens with one attached hydrogen (secondary N) is 2. The number of amides is 3. The SMILES string of the molecule is C#CCCN1C(=O)[C@@H](CC2(O)CCCCC2)NC(=O)C12CCN(Cc1ccc(Oc3ccc(C(=O)NC)cc3)cc1)CC2. The average molecular weight is 587 g/mol. The number of piperidine rings is 1. The van der Waals surface area contributed by atoms with Gasteiger partial charge in [-0.05, 0) is 67.6 Å². The van der Waals surface area contributed by atoms with E-state index in [1.54, 1.807) is 36.2 Å². The van der Waals surface area contributed by atoms with E-state index in [2.05, 4.69) is 21.5 Å². The van der Waals surface area contributed by atoms with Gasteiger partial charge in [-0.15, -0.1) is 12.3 Å². The third kappa shape index (κ3) is 6.87. The molecule has 2 heterocycles. The molecule has 2 aliphatic heterocycles. The highest BCUT2D eigenvalue weighted by Crippen LogP contribution is 2.37. The van der Waals surface area contributed by atoms with E-state index in [-0.39, 0.29) is 24.1 Å². The summed E-state index contributed by atoms with van der Waals surface area (Å²) < 4.78 is 5.94. The first-order chi connectivity index (χ1) is 20.7. The largest absolute Gasteiger partial charge is 0.457 e. The molecule has 0 bridgehead atoms. The molecule has 2 saturated heterocycles. The van der Waals surface area contributed by atoms with Crippen LogP contribution in [0.5, 0.6) is 11.5 Å². The van der Waals surface area contributed by atoms with Crippen LogP contribution in [0.3, 0.4) is 0 Å². The second-order valence-corrected chi connectivity index (χ2v) is 12.1. The molecule has 228 valence electrons. The van der Waals surface area contributed by atoms with Crippen LogP contribution in [0.4, 0.5) is 0 Å². The van der Waals surface area contributed by atoms with Crippen LogP contribution in [0.25, 0.3) is 0 Å². The number of ether oxygens (including phenoxy) is 1. The Hall–Kier alpha value is -3.87. The van der Waals surface area contributed by atoms with Gasteiger partial charge in [-0.3, -0.25) is 19.3 Å². The number of piperazine rings is 1. The maximum absolute atomic E-state index is 13.8. The zero-order valence-corrected chi connectivity index (χ0v) is 24.9. The summed E-state index contributed by atoms with van der Waals surface area (Å²) in [4.78, 5) is 43.2. The van der Waals surface area contributed by atoms with Crippen molar-refractivity contribution >= 4 is 17.7 Å². The third-order valence-electron chi connectivity index (χ3n) is 9.25. The van der Waals surface area contributed by atoms with E-state index in [1.165, 1.54) is 0 Å². The van der Waals surface area contributed by atoms with E-state index in [9.17, 15) is 19.5 Å². The first kappa shape index (κ1) is 30.6. The molecule has 0 unspecified atom stereocenters. The number of carbonyl (C=O) groups excluding carboxylic acids is 3. The maximum atomic E-state index is 13.8. The number of nitrogens with zero attached hydrogens (tertiary/aromatic N) is 2. The average Bonchev–Trinajstić information content (AvgIpc) is 3.02. The number of hydrogen-bond acceptors (Lipinski definition) is 6. The van der Waals surface area contributed by atoms with E-state index in [0.717, 1.165) is 24.8 Å². The number of aliphatic hydroxyl groups is 1. The van der Waals surface area contributed by atoms with Crippen LogP contribution in [0.15, 0.2) is 48.5 Å². The number of benzene rings is 2. The summed E-state index contributed by atoms with van der Waals surface area (Å²) in [6.07, 6.45) is 11.6. The highest BCUT2D eigenvalue weighted by atomic mass is 16.5. The standard InChI is InChI=1S/C34H42N4O5/c1-3-4-20-38-31(40)29(23-33(42)16-6-5-7-17-33)36-32(41)34(38)18-21-37(22-19-34)24-25-8-12-27(13-9-25)43-28-14-10-26(11-15-28)30(39)35-2/h1,8-15,29,42H,4-7,16-24H2,2H3,(H,35,39)(H,36,41)/t29-/m1/s1. The topological polar surface area (TPSA) is 111 Å². The summed E-state index contributed by atoms with van der Waals surface area (Å²) in [5.74, 6) is 3.58. The Labute approximate surface area is 254 Å². The molecule has 3 N–H and O–H groups in total. The van der Waals surface area contributed by atoms with Crippen LogP contribution >= 0.6 is 0 Å². The molecule has 3 fully saturated rings. The van der Waals surface area contributed by atoms with Gasteiger partial charge in [0.2, 0.25) is 11.8 Å². The highest BCUT2D eigenvalue weighted by molar-refractivity contribution is 6.00. The monoisotopic (exact) mass is 586 g/mol. The smallest absolute Gasteiger partial charge is 0.251 e. The maximum Gasteiger partial charge on any atom is 0.251 e. The van der Waals surface area contributed by atoms with Crippen molar-refractivity contribution in [2.75, 3.05) is 26.7 Å². The first-order valence-electron chi connectivity index (χ1n) is 15.3. The molecule has 5 rings (SSSR count). The number of hydrogen-bond donors (Lipinski definition) is 3. The summed E-state index contributed by atoms with van der Waals surface area (Å²) in [5.41, 5.74) is -0.135. The third-order valence-corrected chi connectivity index (χ3v) is 9.25. The minimum atomic E-state index is -0.916. The Morgan fingerprint density at radius 3 is 2.26 bits per heavy atom. The number of rotatable bonds is 9. The number of carbonyl (C=O) groups is 3. The van der Waals surface area contributed by atoms with Gasteiger partial charge < -0.3 is 25.4 Å². The molecule has 2 aromatic rings. The van der Waals surface area contributed by atoms with Gasteiger partial charge in [0.15, 0.2) is 0 Å². The van der Waals surface area contributed by atoms with Crippen molar-refractivity contribution in [3.8, 4) is 23.8 Å². The van der Waals surface area contributed by atoms with Crippen LogP contribution in [0.2, 0.25) is 0 Å². The minimum absolute atomic E-state index is 0.124. The van der Waals surface area contributed by atoms with Gasteiger partial charge in [-0.25, -0.2) is 0 Å². The van der Waals surface area contributed by atoms with E-state index >= 15 is 0 Å². The van der Waals surface area contributed by atoms with Crippen molar-refractivity contribution in [2.45, 2.75) is 81.5 Å². The van der Waals surface area contributed by atoms with E-state index in [4.69, 9.17) is 11.2 Å². The molecule has 3 amide bonds. The van der Waals surface area contributed by atoms with E-state index in [1.807, 2.05) is 24.3 Å². The zero-order chi connectivity index (χ0) is 30.5. The predicted octanol–water partition coefficient (Wildman–Crippen LogP) is 3.61. The molecule has 1 atom stereocenters. The van der Waals surface area contributed by atoms with Gasteiger partial charge in [0.1, 0.15) is 23.1 Å². The summed E-state index contributed by atoms with van der Waals surface area (Å²) in [6, 6.07) is 14.1.